The highest BCUT2D eigenvalue weighted by Gasteiger charge is 2.19. The lowest BCUT2D eigenvalue weighted by molar-refractivity contribution is 0.0996. The SMILES string of the molecule is Cn1c(=O)c(NC(=O)c2ccco2)c(Cl)n(CC#Cc2cccc(O)c2)c1=O. The fourth-order valence-corrected chi connectivity index (χ4v) is 2.63. The smallest absolute Gasteiger partial charge is 0.332 e. The maximum atomic E-state index is 12.4. The molecule has 0 spiro atoms. The second-order valence-electron chi connectivity index (χ2n) is 5.68. The summed E-state index contributed by atoms with van der Waals surface area (Å²) in [6.45, 7) is -0.134. The van der Waals surface area contributed by atoms with Crippen LogP contribution in [0, 0.1) is 11.8 Å². The van der Waals surface area contributed by atoms with Crippen LogP contribution >= 0.6 is 11.6 Å². The van der Waals surface area contributed by atoms with Gasteiger partial charge in [-0.15, -0.1) is 0 Å². The van der Waals surface area contributed by atoms with E-state index in [1.165, 1.54) is 37.6 Å². The molecule has 3 rings (SSSR count). The van der Waals surface area contributed by atoms with E-state index in [4.69, 9.17) is 16.0 Å². The number of rotatable bonds is 3. The first kappa shape index (κ1) is 19.1. The number of anilines is 1. The molecule has 2 heterocycles. The topological polar surface area (TPSA) is 106 Å². The van der Waals surface area contributed by atoms with Crippen molar-refractivity contribution in [3.8, 4) is 17.6 Å². The van der Waals surface area contributed by atoms with Crippen molar-refractivity contribution in [3.05, 3.63) is 80.0 Å². The van der Waals surface area contributed by atoms with Crippen molar-refractivity contribution < 1.29 is 14.3 Å². The van der Waals surface area contributed by atoms with Crippen molar-refractivity contribution in [2.24, 2.45) is 7.05 Å². The third kappa shape index (κ3) is 3.84. The normalized spacial score (nSPS) is 10.2. The Morgan fingerprint density at radius 3 is 2.75 bits per heavy atom. The first-order chi connectivity index (χ1) is 13.4. The largest absolute Gasteiger partial charge is 0.508 e. The third-order valence-corrected chi connectivity index (χ3v) is 4.17. The molecule has 0 aliphatic heterocycles. The number of aromatic nitrogens is 2. The van der Waals surface area contributed by atoms with Crippen LogP contribution in [-0.4, -0.2) is 20.1 Å². The van der Waals surface area contributed by atoms with Crippen LogP contribution in [0.5, 0.6) is 5.75 Å². The second-order valence-corrected chi connectivity index (χ2v) is 6.04. The zero-order valence-corrected chi connectivity index (χ0v) is 15.4. The Labute approximate surface area is 163 Å². The number of aromatic hydroxyl groups is 1. The Hall–Kier alpha value is -3.70. The van der Waals surface area contributed by atoms with Gasteiger partial charge in [-0.25, -0.2) is 4.79 Å². The zero-order valence-electron chi connectivity index (χ0n) is 14.6. The molecule has 0 saturated carbocycles. The molecule has 0 aliphatic carbocycles. The quantitative estimate of drug-likeness (QED) is 0.516. The molecular formula is C19H14ClN3O5. The fraction of sp³-hybridized carbons (Fsp3) is 0.105. The molecule has 1 aromatic carbocycles. The minimum Gasteiger partial charge on any atom is -0.508 e. The average molecular weight is 400 g/mol. The van der Waals surface area contributed by atoms with Crippen molar-refractivity contribution in [2.45, 2.75) is 6.54 Å². The molecule has 0 fully saturated rings. The van der Waals surface area contributed by atoms with Gasteiger partial charge in [0.15, 0.2) is 5.76 Å². The first-order valence-electron chi connectivity index (χ1n) is 8.00. The summed E-state index contributed by atoms with van der Waals surface area (Å²) in [4.78, 5) is 36.9. The lowest BCUT2D eigenvalue weighted by Crippen LogP contribution is -2.40. The summed E-state index contributed by atoms with van der Waals surface area (Å²) < 4.78 is 6.85. The molecule has 142 valence electrons. The van der Waals surface area contributed by atoms with Gasteiger partial charge in [-0.1, -0.05) is 29.5 Å². The molecule has 0 aliphatic rings. The van der Waals surface area contributed by atoms with Crippen molar-refractivity contribution >= 4 is 23.2 Å². The van der Waals surface area contributed by atoms with Crippen molar-refractivity contribution in [2.75, 3.05) is 5.32 Å². The minimum absolute atomic E-state index is 0.0143. The average Bonchev–Trinajstić information content (AvgIpc) is 3.21. The zero-order chi connectivity index (χ0) is 20.3. The highest BCUT2D eigenvalue weighted by Crippen LogP contribution is 2.16. The summed E-state index contributed by atoms with van der Waals surface area (Å²) >= 11 is 6.20. The van der Waals surface area contributed by atoms with E-state index < -0.39 is 17.2 Å². The van der Waals surface area contributed by atoms with Crippen molar-refractivity contribution in [1.82, 2.24) is 9.13 Å². The van der Waals surface area contributed by atoms with Crippen LogP contribution in [0.1, 0.15) is 16.1 Å². The number of halogens is 1. The summed E-state index contributed by atoms with van der Waals surface area (Å²) in [5.74, 6) is 4.91. The predicted molar refractivity (Wildman–Crippen MR) is 103 cm³/mol. The van der Waals surface area contributed by atoms with Crippen LogP contribution < -0.4 is 16.6 Å². The van der Waals surface area contributed by atoms with E-state index in [1.807, 2.05) is 0 Å². The van der Waals surface area contributed by atoms with E-state index >= 15 is 0 Å². The molecule has 3 aromatic rings. The van der Waals surface area contributed by atoms with Crippen LogP contribution in [0.15, 0.2) is 56.7 Å². The summed E-state index contributed by atoms with van der Waals surface area (Å²) in [6, 6.07) is 9.23. The minimum atomic E-state index is -0.757. The van der Waals surface area contributed by atoms with E-state index in [0.29, 0.717) is 5.56 Å². The summed E-state index contributed by atoms with van der Waals surface area (Å²) in [5.41, 5.74) is -1.16. The van der Waals surface area contributed by atoms with E-state index in [-0.39, 0.29) is 28.9 Å². The van der Waals surface area contributed by atoms with Gasteiger partial charge in [0.1, 0.15) is 16.6 Å². The van der Waals surface area contributed by atoms with Crippen LogP contribution in [-0.2, 0) is 13.6 Å². The fourth-order valence-electron chi connectivity index (χ4n) is 2.37. The number of carbonyl (C=O) groups is 1. The van der Waals surface area contributed by atoms with Crippen molar-refractivity contribution in [3.63, 3.8) is 0 Å². The Balaban J connectivity index is 1.96. The number of phenols is 1. The summed E-state index contributed by atoms with van der Waals surface area (Å²) in [7, 11) is 1.27. The van der Waals surface area contributed by atoms with E-state index in [2.05, 4.69) is 17.2 Å². The maximum Gasteiger partial charge on any atom is 0.332 e. The number of phenolic OH excluding ortho intramolecular Hbond substituents is 1. The van der Waals surface area contributed by atoms with Gasteiger partial charge >= 0.3 is 5.69 Å². The van der Waals surface area contributed by atoms with Gasteiger partial charge in [-0.2, -0.15) is 0 Å². The molecular weight excluding hydrogens is 386 g/mol. The molecule has 9 heteroatoms. The molecule has 28 heavy (non-hydrogen) atoms. The third-order valence-electron chi connectivity index (χ3n) is 3.78. The van der Waals surface area contributed by atoms with Gasteiger partial charge in [0.25, 0.3) is 11.5 Å². The second kappa shape index (κ2) is 7.90. The van der Waals surface area contributed by atoms with Gasteiger partial charge in [0, 0.05) is 12.6 Å². The van der Waals surface area contributed by atoms with Gasteiger partial charge in [0.05, 0.1) is 12.8 Å². The van der Waals surface area contributed by atoms with Crippen LogP contribution in [0.4, 0.5) is 5.69 Å². The number of hydrogen-bond donors (Lipinski definition) is 2. The van der Waals surface area contributed by atoms with E-state index in [9.17, 15) is 19.5 Å². The standard InChI is InChI=1S/C19H14ClN3O5/c1-22-18(26)15(21-17(25)14-8-4-10-28-14)16(20)23(19(22)27)9-3-6-12-5-2-7-13(24)11-12/h2,4-5,7-8,10-11,24H,9H2,1H3,(H,21,25). The highest BCUT2D eigenvalue weighted by atomic mass is 35.5. The Bertz CT molecular complexity index is 1210. The highest BCUT2D eigenvalue weighted by molar-refractivity contribution is 6.32. The molecule has 2 aromatic heterocycles. The molecule has 1 amide bonds. The molecule has 0 atom stereocenters. The molecule has 8 nitrogen and oxygen atoms in total. The van der Waals surface area contributed by atoms with Crippen molar-refractivity contribution in [1.29, 1.82) is 0 Å². The molecule has 2 N–H and O–H groups in total. The molecule has 0 saturated heterocycles. The summed E-state index contributed by atoms with van der Waals surface area (Å²) in [5, 5.41) is 11.6. The first-order valence-corrected chi connectivity index (χ1v) is 8.38. The molecule has 0 bridgehead atoms. The molecule has 0 radical (unpaired) electrons. The summed E-state index contributed by atoms with van der Waals surface area (Å²) in [6.07, 6.45) is 1.31. The van der Waals surface area contributed by atoms with Crippen LogP contribution in [0.2, 0.25) is 5.15 Å². The number of hydrogen-bond acceptors (Lipinski definition) is 5. The lowest BCUT2D eigenvalue weighted by Gasteiger charge is -2.12. The number of nitrogens with zero attached hydrogens (tertiary/aromatic N) is 2. The van der Waals surface area contributed by atoms with Gasteiger partial charge in [-0.3, -0.25) is 18.7 Å². The number of nitrogens with one attached hydrogen (secondary N) is 1. The Morgan fingerprint density at radius 1 is 1.29 bits per heavy atom. The monoisotopic (exact) mass is 399 g/mol. The number of carbonyl (C=O) groups excluding carboxylic acids is 1. The van der Waals surface area contributed by atoms with Gasteiger partial charge in [-0.05, 0) is 30.3 Å². The Morgan fingerprint density at radius 2 is 2.07 bits per heavy atom. The van der Waals surface area contributed by atoms with E-state index in [1.54, 1.807) is 12.1 Å². The maximum absolute atomic E-state index is 12.4. The van der Waals surface area contributed by atoms with E-state index in [0.717, 1.165) is 9.13 Å². The van der Waals surface area contributed by atoms with Gasteiger partial charge < -0.3 is 14.8 Å². The number of amides is 1. The molecule has 0 unspecified atom stereocenters. The number of benzene rings is 1. The Kier molecular flexibility index (Phi) is 5.38. The van der Waals surface area contributed by atoms with Crippen LogP contribution in [0.25, 0.3) is 0 Å². The predicted octanol–water partition coefficient (Wildman–Crippen LogP) is 1.80. The van der Waals surface area contributed by atoms with Gasteiger partial charge in [0.2, 0.25) is 0 Å². The number of furan rings is 1. The van der Waals surface area contributed by atoms with Crippen LogP contribution in [0.3, 0.4) is 0 Å². The lowest BCUT2D eigenvalue weighted by atomic mass is 10.2.